The van der Waals surface area contributed by atoms with Gasteiger partial charge >= 0.3 is 0 Å². The molecule has 0 radical (unpaired) electrons. The highest BCUT2D eigenvalue weighted by molar-refractivity contribution is 5.78. The summed E-state index contributed by atoms with van der Waals surface area (Å²) in [6, 6.07) is -0.0651. The average molecular weight is 240 g/mol. The van der Waals surface area contributed by atoms with Gasteiger partial charge in [0.2, 0.25) is 5.91 Å². The van der Waals surface area contributed by atoms with Crippen molar-refractivity contribution in [1.29, 1.82) is 0 Å². The third-order valence-corrected chi connectivity index (χ3v) is 4.10. The van der Waals surface area contributed by atoms with Crippen molar-refractivity contribution in [3.05, 3.63) is 0 Å². The van der Waals surface area contributed by atoms with E-state index in [0.717, 1.165) is 24.8 Å². The van der Waals surface area contributed by atoms with Crippen molar-refractivity contribution in [1.82, 2.24) is 5.32 Å². The lowest BCUT2D eigenvalue weighted by molar-refractivity contribution is -0.124. The maximum absolute atomic E-state index is 11.7. The molecule has 0 aromatic rings. The molecule has 0 aliphatic heterocycles. The zero-order valence-electron chi connectivity index (χ0n) is 11.5. The molecule has 0 spiro atoms. The fourth-order valence-corrected chi connectivity index (χ4v) is 2.62. The lowest BCUT2D eigenvalue weighted by Gasteiger charge is -2.27. The van der Waals surface area contributed by atoms with Gasteiger partial charge in [-0.05, 0) is 31.6 Å². The molecule has 17 heavy (non-hydrogen) atoms. The first-order chi connectivity index (χ1) is 8.00. The SMILES string of the molecule is CC1CCCC(CCNC(=O)C(C)C(C)N)C1. The second-order valence-electron chi connectivity index (χ2n) is 5.87. The van der Waals surface area contributed by atoms with Crippen LogP contribution in [0.25, 0.3) is 0 Å². The maximum Gasteiger partial charge on any atom is 0.224 e. The molecule has 0 heterocycles. The molecule has 1 aliphatic rings. The summed E-state index contributed by atoms with van der Waals surface area (Å²) in [4.78, 5) is 11.7. The molecule has 1 rings (SSSR count). The first-order valence-electron chi connectivity index (χ1n) is 7.04. The highest BCUT2D eigenvalue weighted by Gasteiger charge is 2.20. The molecule has 1 aliphatic carbocycles. The normalized spacial score (nSPS) is 28.5. The van der Waals surface area contributed by atoms with Gasteiger partial charge in [-0.1, -0.05) is 33.1 Å². The van der Waals surface area contributed by atoms with Gasteiger partial charge in [-0.2, -0.15) is 0 Å². The van der Waals surface area contributed by atoms with Gasteiger partial charge in [-0.25, -0.2) is 0 Å². The van der Waals surface area contributed by atoms with E-state index in [9.17, 15) is 4.79 Å². The predicted octanol–water partition coefficient (Wildman–Crippen LogP) is 2.30. The van der Waals surface area contributed by atoms with E-state index in [0.29, 0.717) is 0 Å². The largest absolute Gasteiger partial charge is 0.356 e. The van der Waals surface area contributed by atoms with Crippen molar-refractivity contribution >= 4 is 5.91 Å². The Labute approximate surface area is 106 Å². The van der Waals surface area contributed by atoms with E-state index in [1.807, 2.05) is 13.8 Å². The van der Waals surface area contributed by atoms with E-state index < -0.39 is 0 Å². The van der Waals surface area contributed by atoms with Gasteiger partial charge < -0.3 is 11.1 Å². The number of carbonyl (C=O) groups excluding carboxylic acids is 1. The number of hydrogen-bond acceptors (Lipinski definition) is 2. The molecule has 1 saturated carbocycles. The lowest BCUT2D eigenvalue weighted by Crippen LogP contribution is -2.39. The van der Waals surface area contributed by atoms with Crippen LogP contribution in [0.2, 0.25) is 0 Å². The summed E-state index contributed by atoms with van der Waals surface area (Å²) in [6.07, 6.45) is 6.53. The second kappa shape index (κ2) is 7.00. The molecule has 4 atom stereocenters. The maximum atomic E-state index is 11.7. The summed E-state index contributed by atoms with van der Waals surface area (Å²) in [5.74, 6) is 1.70. The molecular formula is C14H28N2O. The van der Waals surface area contributed by atoms with Crippen LogP contribution in [0.4, 0.5) is 0 Å². The summed E-state index contributed by atoms with van der Waals surface area (Å²) < 4.78 is 0. The Balaban J connectivity index is 2.16. The standard InChI is InChI=1S/C14H28N2O/c1-10-5-4-6-13(9-10)7-8-16-14(17)11(2)12(3)15/h10-13H,4-9,15H2,1-3H3,(H,16,17). The van der Waals surface area contributed by atoms with E-state index in [1.165, 1.54) is 25.7 Å². The molecule has 1 fully saturated rings. The summed E-state index contributed by atoms with van der Waals surface area (Å²) in [6.45, 7) is 6.92. The Morgan fingerprint density at radius 1 is 1.41 bits per heavy atom. The molecule has 3 heteroatoms. The molecule has 0 aromatic heterocycles. The summed E-state index contributed by atoms with van der Waals surface area (Å²) in [7, 11) is 0. The van der Waals surface area contributed by atoms with Crippen LogP contribution in [0.5, 0.6) is 0 Å². The van der Waals surface area contributed by atoms with Crippen molar-refractivity contribution in [3.63, 3.8) is 0 Å². The van der Waals surface area contributed by atoms with Crippen LogP contribution < -0.4 is 11.1 Å². The van der Waals surface area contributed by atoms with Crippen LogP contribution in [0.3, 0.4) is 0 Å². The highest BCUT2D eigenvalue weighted by Crippen LogP contribution is 2.30. The predicted molar refractivity (Wildman–Crippen MR) is 71.6 cm³/mol. The smallest absolute Gasteiger partial charge is 0.224 e. The molecule has 3 nitrogen and oxygen atoms in total. The lowest BCUT2D eigenvalue weighted by atomic mass is 9.81. The summed E-state index contributed by atoms with van der Waals surface area (Å²) in [5.41, 5.74) is 5.71. The minimum atomic E-state index is -0.0831. The quantitative estimate of drug-likeness (QED) is 0.774. The fraction of sp³-hybridized carbons (Fsp3) is 0.929. The Bertz CT molecular complexity index is 240. The van der Waals surface area contributed by atoms with Gasteiger partial charge in [0.05, 0.1) is 0 Å². The molecule has 100 valence electrons. The van der Waals surface area contributed by atoms with Crippen LogP contribution in [-0.2, 0) is 4.79 Å². The van der Waals surface area contributed by atoms with E-state index >= 15 is 0 Å². The van der Waals surface area contributed by atoms with Crippen LogP contribution in [0.1, 0.15) is 52.9 Å². The van der Waals surface area contributed by atoms with E-state index in [2.05, 4.69) is 12.2 Å². The molecule has 0 saturated heterocycles. The number of hydrogen-bond donors (Lipinski definition) is 2. The van der Waals surface area contributed by atoms with Crippen LogP contribution in [0.15, 0.2) is 0 Å². The zero-order chi connectivity index (χ0) is 12.8. The third kappa shape index (κ3) is 5.07. The van der Waals surface area contributed by atoms with Gasteiger partial charge in [0, 0.05) is 18.5 Å². The summed E-state index contributed by atoms with van der Waals surface area (Å²) >= 11 is 0. The number of amides is 1. The van der Waals surface area contributed by atoms with Crippen molar-refractivity contribution in [2.45, 2.75) is 58.9 Å². The first-order valence-corrected chi connectivity index (χ1v) is 7.04. The zero-order valence-corrected chi connectivity index (χ0v) is 11.5. The third-order valence-electron chi connectivity index (χ3n) is 4.10. The Kier molecular flexibility index (Phi) is 5.96. The fourth-order valence-electron chi connectivity index (χ4n) is 2.62. The number of carbonyl (C=O) groups is 1. The van der Waals surface area contributed by atoms with Crippen LogP contribution in [-0.4, -0.2) is 18.5 Å². The molecule has 1 amide bonds. The number of nitrogens with two attached hydrogens (primary N) is 1. The highest BCUT2D eigenvalue weighted by atomic mass is 16.1. The van der Waals surface area contributed by atoms with Crippen molar-refractivity contribution in [2.24, 2.45) is 23.5 Å². The van der Waals surface area contributed by atoms with Gasteiger partial charge in [0.1, 0.15) is 0 Å². The van der Waals surface area contributed by atoms with Gasteiger partial charge in [0.25, 0.3) is 0 Å². The van der Waals surface area contributed by atoms with Crippen LogP contribution in [0, 0.1) is 17.8 Å². The topological polar surface area (TPSA) is 55.1 Å². The Morgan fingerprint density at radius 2 is 2.12 bits per heavy atom. The van der Waals surface area contributed by atoms with Gasteiger partial charge in [0.15, 0.2) is 0 Å². The summed E-state index contributed by atoms with van der Waals surface area (Å²) in [5, 5.41) is 3.01. The molecule has 0 aromatic carbocycles. The van der Waals surface area contributed by atoms with Crippen LogP contribution >= 0.6 is 0 Å². The van der Waals surface area contributed by atoms with Gasteiger partial charge in [-0.15, -0.1) is 0 Å². The van der Waals surface area contributed by atoms with Crippen molar-refractivity contribution < 1.29 is 4.79 Å². The van der Waals surface area contributed by atoms with Gasteiger partial charge in [-0.3, -0.25) is 4.79 Å². The van der Waals surface area contributed by atoms with Crippen molar-refractivity contribution in [3.8, 4) is 0 Å². The van der Waals surface area contributed by atoms with E-state index in [1.54, 1.807) is 0 Å². The molecular weight excluding hydrogens is 212 g/mol. The monoisotopic (exact) mass is 240 g/mol. The number of nitrogens with one attached hydrogen (secondary N) is 1. The van der Waals surface area contributed by atoms with Crippen molar-refractivity contribution in [2.75, 3.05) is 6.54 Å². The molecule has 3 N–H and O–H groups in total. The Hall–Kier alpha value is -0.570. The Morgan fingerprint density at radius 3 is 2.71 bits per heavy atom. The molecule has 4 unspecified atom stereocenters. The van der Waals surface area contributed by atoms with E-state index in [-0.39, 0.29) is 17.9 Å². The second-order valence-corrected chi connectivity index (χ2v) is 5.87. The minimum absolute atomic E-state index is 0.0651. The molecule has 0 bridgehead atoms. The minimum Gasteiger partial charge on any atom is -0.356 e. The number of rotatable bonds is 5. The first kappa shape index (κ1) is 14.5. The van der Waals surface area contributed by atoms with E-state index in [4.69, 9.17) is 5.73 Å². The average Bonchev–Trinajstić information content (AvgIpc) is 2.27.